The third kappa shape index (κ3) is 4.05. The standard InChI is InChI=1S/C12H12F5N5O/c1-20(6-9-18-3-5-22(9)11(13)14)10(23)7-21-4-2-8(19-21)12(15,16)17/h2-5,11H,6-7H2,1H3. The molecule has 0 fully saturated rings. The van der Waals surface area contributed by atoms with Crippen LogP contribution in [0.4, 0.5) is 22.0 Å². The van der Waals surface area contributed by atoms with E-state index in [0.717, 1.165) is 28.0 Å². The number of carbonyl (C=O) groups is 1. The highest BCUT2D eigenvalue weighted by Gasteiger charge is 2.33. The highest BCUT2D eigenvalue weighted by molar-refractivity contribution is 5.75. The second-order valence-electron chi connectivity index (χ2n) is 4.67. The van der Waals surface area contributed by atoms with Crippen molar-refractivity contribution >= 4 is 5.91 Å². The summed E-state index contributed by atoms with van der Waals surface area (Å²) in [4.78, 5) is 16.7. The van der Waals surface area contributed by atoms with Crippen LogP contribution in [0.15, 0.2) is 24.7 Å². The van der Waals surface area contributed by atoms with Gasteiger partial charge in [0, 0.05) is 25.6 Å². The Bertz CT molecular complexity index is 677. The molecule has 126 valence electrons. The molecular weight excluding hydrogens is 325 g/mol. The number of alkyl halides is 5. The van der Waals surface area contributed by atoms with E-state index in [9.17, 15) is 26.7 Å². The third-order valence-corrected chi connectivity index (χ3v) is 2.99. The Labute approximate surface area is 127 Å². The van der Waals surface area contributed by atoms with Gasteiger partial charge in [-0.15, -0.1) is 0 Å². The summed E-state index contributed by atoms with van der Waals surface area (Å²) >= 11 is 0. The molecule has 2 heterocycles. The monoisotopic (exact) mass is 337 g/mol. The van der Waals surface area contributed by atoms with Gasteiger partial charge in [-0.05, 0) is 6.07 Å². The van der Waals surface area contributed by atoms with Crippen LogP contribution in [0.5, 0.6) is 0 Å². The van der Waals surface area contributed by atoms with Crippen molar-refractivity contribution in [1.29, 1.82) is 0 Å². The van der Waals surface area contributed by atoms with Gasteiger partial charge in [0.15, 0.2) is 5.69 Å². The molecule has 0 aromatic carbocycles. The average molecular weight is 337 g/mol. The number of likely N-dealkylation sites (N-methyl/N-ethyl adjacent to an activating group) is 1. The minimum Gasteiger partial charge on any atom is -0.337 e. The molecule has 0 aliphatic heterocycles. The van der Waals surface area contributed by atoms with E-state index in [0.29, 0.717) is 4.57 Å². The summed E-state index contributed by atoms with van der Waals surface area (Å²) in [5, 5.41) is 3.25. The lowest BCUT2D eigenvalue weighted by Gasteiger charge is -2.17. The van der Waals surface area contributed by atoms with E-state index in [1.165, 1.54) is 13.2 Å². The highest BCUT2D eigenvalue weighted by atomic mass is 19.4. The lowest BCUT2D eigenvalue weighted by atomic mass is 10.4. The maximum atomic E-state index is 12.7. The molecule has 11 heteroatoms. The van der Waals surface area contributed by atoms with Gasteiger partial charge < -0.3 is 4.90 Å². The van der Waals surface area contributed by atoms with Gasteiger partial charge in [0.25, 0.3) is 0 Å². The zero-order valence-electron chi connectivity index (χ0n) is 11.8. The van der Waals surface area contributed by atoms with Gasteiger partial charge in [0.1, 0.15) is 12.4 Å². The van der Waals surface area contributed by atoms with Crippen molar-refractivity contribution in [1.82, 2.24) is 24.2 Å². The van der Waals surface area contributed by atoms with Crippen LogP contribution < -0.4 is 0 Å². The molecule has 0 aliphatic carbocycles. The number of hydrogen-bond donors (Lipinski definition) is 0. The fourth-order valence-electron chi connectivity index (χ4n) is 1.80. The van der Waals surface area contributed by atoms with Crippen LogP contribution in [0, 0.1) is 0 Å². The topological polar surface area (TPSA) is 56.0 Å². The molecule has 0 bridgehead atoms. The first kappa shape index (κ1) is 16.9. The second kappa shape index (κ2) is 6.34. The minimum atomic E-state index is -4.60. The highest BCUT2D eigenvalue weighted by Crippen LogP contribution is 2.27. The van der Waals surface area contributed by atoms with Gasteiger partial charge >= 0.3 is 12.7 Å². The Morgan fingerprint density at radius 2 is 2.04 bits per heavy atom. The summed E-state index contributed by atoms with van der Waals surface area (Å²) in [5.74, 6) is -0.627. The predicted molar refractivity (Wildman–Crippen MR) is 67.2 cm³/mol. The predicted octanol–water partition coefficient (Wildman–Crippen LogP) is 2.15. The average Bonchev–Trinajstić information content (AvgIpc) is 3.06. The van der Waals surface area contributed by atoms with Crippen molar-refractivity contribution in [3.8, 4) is 0 Å². The Kier molecular flexibility index (Phi) is 4.66. The number of halogens is 5. The number of carbonyl (C=O) groups excluding carboxylic acids is 1. The molecule has 0 saturated heterocycles. The van der Waals surface area contributed by atoms with Crippen molar-refractivity contribution in [2.45, 2.75) is 25.8 Å². The molecule has 0 saturated carbocycles. The van der Waals surface area contributed by atoms with Crippen molar-refractivity contribution in [3.05, 3.63) is 36.2 Å². The van der Waals surface area contributed by atoms with Gasteiger partial charge in [-0.2, -0.15) is 27.1 Å². The van der Waals surface area contributed by atoms with E-state index in [-0.39, 0.29) is 12.4 Å². The second-order valence-corrected chi connectivity index (χ2v) is 4.67. The summed E-state index contributed by atoms with van der Waals surface area (Å²) in [6.45, 7) is -3.44. The Morgan fingerprint density at radius 3 is 2.61 bits per heavy atom. The van der Waals surface area contributed by atoms with Crippen LogP contribution >= 0.6 is 0 Å². The number of hydrogen-bond acceptors (Lipinski definition) is 3. The molecule has 0 radical (unpaired) electrons. The van der Waals surface area contributed by atoms with Crippen LogP contribution in [0.2, 0.25) is 0 Å². The lowest BCUT2D eigenvalue weighted by molar-refractivity contribution is -0.142. The minimum absolute atomic E-state index is 0.0349. The zero-order chi connectivity index (χ0) is 17.2. The molecule has 6 nitrogen and oxygen atoms in total. The first-order chi connectivity index (χ1) is 10.7. The van der Waals surface area contributed by atoms with Crippen LogP contribution in [-0.4, -0.2) is 37.2 Å². The van der Waals surface area contributed by atoms with E-state index in [2.05, 4.69) is 10.1 Å². The van der Waals surface area contributed by atoms with Crippen molar-refractivity contribution in [3.63, 3.8) is 0 Å². The quantitative estimate of drug-likeness (QED) is 0.786. The third-order valence-electron chi connectivity index (χ3n) is 2.99. The maximum absolute atomic E-state index is 12.7. The van der Waals surface area contributed by atoms with Gasteiger partial charge in [-0.1, -0.05) is 0 Å². The number of amides is 1. The molecule has 1 amide bonds. The summed E-state index contributed by atoms with van der Waals surface area (Å²) in [7, 11) is 1.33. The molecule has 2 aromatic heterocycles. The van der Waals surface area contributed by atoms with Crippen LogP contribution in [0.3, 0.4) is 0 Å². The normalized spacial score (nSPS) is 12.0. The summed E-state index contributed by atoms with van der Waals surface area (Å²) in [5.41, 5.74) is -1.11. The van der Waals surface area contributed by atoms with E-state index in [4.69, 9.17) is 0 Å². The molecule has 2 rings (SSSR count). The number of aromatic nitrogens is 4. The largest absolute Gasteiger partial charge is 0.435 e. The van der Waals surface area contributed by atoms with E-state index >= 15 is 0 Å². The molecule has 0 N–H and O–H groups in total. The van der Waals surface area contributed by atoms with E-state index in [1.54, 1.807) is 0 Å². The number of nitrogens with zero attached hydrogens (tertiary/aromatic N) is 5. The van der Waals surface area contributed by atoms with Gasteiger partial charge in [-0.3, -0.25) is 14.0 Å². The molecule has 0 spiro atoms. The molecular formula is C12H12F5N5O. The van der Waals surface area contributed by atoms with Crippen molar-refractivity contribution in [2.24, 2.45) is 0 Å². The van der Waals surface area contributed by atoms with E-state index < -0.39 is 30.9 Å². The Morgan fingerprint density at radius 1 is 1.35 bits per heavy atom. The molecule has 0 atom stereocenters. The van der Waals surface area contributed by atoms with Gasteiger partial charge in [-0.25, -0.2) is 4.98 Å². The Balaban J connectivity index is 2.00. The summed E-state index contributed by atoms with van der Waals surface area (Å²) < 4.78 is 64.0. The summed E-state index contributed by atoms with van der Waals surface area (Å²) in [6, 6.07) is 0.747. The molecule has 0 aliphatic rings. The zero-order valence-corrected chi connectivity index (χ0v) is 11.8. The lowest BCUT2D eigenvalue weighted by Crippen LogP contribution is -2.31. The number of imidazole rings is 1. The van der Waals surface area contributed by atoms with Crippen LogP contribution in [0.25, 0.3) is 0 Å². The SMILES string of the molecule is CN(Cc1nccn1C(F)F)C(=O)Cn1ccc(C(F)(F)F)n1. The first-order valence-corrected chi connectivity index (χ1v) is 6.33. The first-order valence-electron chi connectivity index (χ1n) is 6.33. The summed E-state index contributed by atoms with van der Waals surface area (Å²) in [6.07, 6.45) is -1.33. The molecule has 2 aromatic rings. The molecule has 0 unspecified atom stereocenters. The smallest absolute Gasteiger partial charge is 0.337 e. The van der Waals surface area contributed by atoms with Crippen molar-refractivity contribution in [2.75, 3.05) is 7.05 Å². The molecule has 23 heavy (non-hydrogen) atoms. The van der Waals surface area contributed by atoms with Gasteiger partial charge in [0.05, 0.1) is 6.54 Å². The van der Waals surface area contributed by atoms with E-state index in [1.807, 2.05) is 0 Å². The van der Waals surface area contributed by atoms with Crippen LogP contribution in [0.1, 0.15) is 18.1 Å². The fourth-order valence-corrected chi connectivity index (χ4v) is 1.80. The Hall–Kier alpha value is -2.46. The maximum Gasteiger partial charge on any atom is 0.435 e. The number of rotatable bonds is 5. The van der Waals surface area contributed by atoms with Gasteiger partial charge in [0.2, 0.25) is 5.91 Å². The van der Waals surface area contributed by atoms with Crippen LogP contribution in [-0.2, 0) is 24.1 Å². The van der Waals surface area contributed by atoms with Crippen molar-refractivity contribution < 1.29 is 26.7 Å². The fraction of sp³-hybridized carbons (Fsp3) is 0.417.